The molecule has 0 fully saturated rings. The first kappa shape index (κ1) is 14.5. The molecule has 1 amide bonds. The van der Waals surface area contributed by atoms with E-state index in [9.17, 15) is 13.2 Å². The number of benzene rings is 1. The largest absolute Gasteiger partial charge is 0.366 e. The fraction of sp³-hybridized carbons (Fsp3) is 0. The maximum Gasteiger partial charge on any atom is 0.263 e. The molecule has 1 heterocycles. The number of pyridine rings is 1. The summed E-state index contributed by atoms with van der Waals surface area (Å²) in [5.41, 5.74) is 5.42. The number of hydrogen-bond donors (Lipinski definition) is 2. The molecule has 0 bridgehead atoms. The molecule has 0 spiro atoms. The second kappa shape index (κ2) is 5.59. The number of carbonyl (C=O) groups excluding carboxylic acids is 1. The van der Waals surface area contributed by atoms with Gasteiger partial charge in [-0.25, -0.2) is 8.42 Å². The van der Waals surface area contributed by atoms with E-state index >= 15 is 0 Å². The highest BCUT2D eigenvalue weighted by Gasteiger charge is 2.18. The Bertz CT molecular complexity index is 762. The first-order valence-corrected chi connectivity index (χ1v) is 7.70. The van der Waals surface area contributed by atoms with E-state index < -0.39 is 15.9 Å². The lowest BCUT2D eigenvalue weighted by atomic mass is 10.2. The summed E-state index contributed by atoms with van der Waals surface area (Å²) in [7, 11) is -3.84. The summed E-state index contributed by atoms with van der Waals surface area (Å²) in [6, 6.07) is 7.51. The number of primary amides is 1. The molecule has 0 unspecified atom stereocenters. The molecule has 20 heavy (non-hydrogen) atoms. The van der Waals surface area contributed by atoms with Gasteiger partial charge in [-0.2, -0.15) is 0 Å². The van der Waals surface area contributed by atoms with Crippen LogP contribution in [0.15, 0.2) is 52.1 Å². The third-order valence-corrected chi connectivity index (χ3v) is 4.19. The lowest BCUT2D eigenvalue weighted by Gasteiger charge is -2.10. The molecule has 104 valence electrons. The van der Waals surface area contributed by atoms with Crippen LogP contribution >= 0.6 is 15.9 Å². The molecule has 3 N–H and O–H groups in total. The third-order valence-electron chi connectivity index (χ3n) is 2.43. The zero-order valence-corrected chi connectivity index (χ0v) is 12.5. The Morgan fingerprint density at radius 3 is 2.60 bits per heavy atom. The normalized spacial score (nSPS) is 11.1. The number of rotatable bonds is 4. The molecule has 1 aromatic carbocycles. The summed E-state index contributed by atoms with van der Waals surface area (Å²) in [6.07, 6.45) is 2.68. The van der Waals surface area contributed by atoms with Gasteiger partial charge in [-0.05, 0) is 34.1 Å². The molecule has 0 aliphatic heterocycles. The topological polar surface area (TPSA) is 102 Å². The van der Waals surface area contributed by atoms with E-state index in [-0.39, 0.29) is 16.1 Å². The average Bonchev–Trinajstić information content (AvgIpc) is 2.38. The van der Waals surface area contributed by atoms with E-state index in [1.165, 1.54) is 30.6 Å². The van der Waals surface area contributed by atoms with E-state index in [1.807, 2.05) is 0 Å². The minimum absolute atomic E-state index is 0.0221. The maximum atomic E-state index is 12.2. The molecule has 6 nitrogen and oxygen atoms in total. The van der Waals surface area contributed by atoms with Crippen LogP contribution in [-0.2, 0) is 10.0 Å². The highest BCUT2D eigenvalue weighted by Crippen LogP contribution is 2.21. The SMILES string of the molecule is NC(=O)c1ccccc1NS(=O)(=O)c1cncc(Br)c1. The summed E-state index contributed by atoms with van der Waals surface area (Å²) < 4.78 is 27.3. The van der Waals surface area contributed by atoms with Gasteiger partial charge in [0.05, 0.1) is 11.3 Å². The van der Waals surface area contributed by atoms with Gasteiger partial charge in [0.25, 0.3) is 15.9 Å². The lowest BCUT2D eigenvalue weighted by molar-refractivity contribution is 0.100. The molecule has 2 rings (SSSR count). The minimum atomic E-state index is -3.84. The Balaban J connectivity index is 2.41. The van der Waals surface area contributed by atoms with Crippen molar-refractivity contribution in [3.05, 3.63) is 52.8 Å². The number of halogens is 1. The van der Waals surface area contributed by atoms with Crippen molar-refractivity contribution in [1.82, 2.24) is 4.98 Å². The predicted molar refractivity (Wildman–Crippen MR) is 77.7 cm³/mol. The van der Waals surface area contributed by atoms with Gasteiger partial charge >= 0.3 is 0 Å². The molecule has 0 atom stereocenters. The van der Waals surface area contributed by atoms with Crippen LogP contribution in [0.5, 0.6) is 0 Å². The average molecular weight is 356 g/mol. The van der Waals surface area contributed by atoms with E-state index in [4.69, 9.17) is 5.73 Å². The molecule has 2 aromatic rings. The number of amides is 1. The summed E-state index contributed by atoms with van der Waals surface area (Å²) >= 11 is 3.15. The molecule has 0 radical (unpaired) electrons. The quantitative estimate of drug-likeness (QED) is 0.871. The highest BCUT2D eigenvalue weighted by molar-refractivity contribution is 9.10. The summed E-state index contributed by atoms with van der Waals surface area (Å²) in [4.78, 5) is 15.0. The number of nitrogens with one attached hydrogen (secondary N) is 1. The molecule has 0 aliphatic carbocycles. The first-order chi connectivity index (χ1) is 9.40. The Hall–Kier alpha value is -1.93. The van der Waals surface area contributed by atoms with Gasteiger partial charge in [0.15, 0.2) is 0 Å². The molecule has 0 aliphatic rings. The zero-order valence-electron chi connectivity index (χ0n) is 10.1. The zero-order chi connectivity index (χ0) is 14.8. The number of nitrogens with zero attached hydrogens (tertiary/aromatic N) is 1. The Labute approximate surface area is 124 Å². The lowest BCUT2D eigenvalue weighted by Crippen LogP contribution is -2.18. The number of para-hydroxylation sites is 1. The van der Waals surface area contributed by atoms with Crippen LogP contribution in [0.3, 0.4) is 0 Å². The summed E-state index contributed by atoms with van der Waals surface area (Å²) in [5, 5.41) is 0. The van der Waals surface area contributed by atoms with Crippen LogP contribution in [0, 0.1) is 0 Å². The van der Waals surface area contributed by atoms with Gasteiger partial charge in [-0.15, -0.1) is 0 Å². The van der Waals surface area contributed by atoms with Crippen molar-refractivity contribution in [3.8, 4) is 0 Å². The van der Waals surface area contributed by atoms with E-state index in [2.05, 4.69) is 25.6 Å². The van der Waals surface area contributed by atoms with Crippen LogP contribution in [-0.4, -0.2) is 19.3 Å². The van der Waals surface area contributed by atoms with Crippen LogP contribution < -0.4 is 10.5 Å². The van der Waals surface area contributed by atoms with E-state index in [0.717, 1.165) is 0 Å². The van der Waals surface area contributed by atoms with Crippen LogP contribution in [0.25, 0.3) is 0 Å². The fourth-order valence-corrected chi connectivity index (χ4v) is 3.11. The maximum absolute atomic E-state index is 12.2. The number of anilines is 1. The Morgan fingerprint density at radius 1 is 1.25 bits per heavy atom. The van der Waals surface area contributed by atoms with Crippen molar-refractivity contribution in [2.75, 3.05) is 4.72 Å². The second-order valence-corrected chi connectivity index (χ2v) is 6.45. The van der Waals surface area contributed by atoms with Crippen molar-refractivity contribution in [3.63, 3.8) is 0 Å². The predicted octanol–water partition coefficient (Wildman–Crippen LogP) is 1.74. The van der Waals surface area contributed by atoms with Gasteiger partial charge in [-0.3, -0.25) is 14.5 Å². The van der Waals surface area contributed by atoms with Gasteiger partial charge in [0.1, 0.15) is 4.90 Å². The van der Waals surface area contributed by atoms with Crippen molar-refractivity contribution >= 4 is 37.5 Å². The molecule has 0 saturated heterocycles. The number of nitrogens with two attached hydrogens (primary N) is 1. The fourth-order valence-electron chi connectivity index (χ4n) is 1.53. The first-order valence-electron chi connectivity index (χ1n) is 5.42. The van der Waals surface area contributed by atoms with Crippen LogP contribution in [0.4, 0.5) is 5.69 Å². The van der Waals surface area contributed by atoms with Crippen molar-refractivity contribution < 1.29 is 13.2 Å². The van der Waals surface area contributed by atoms with Gasteiger partial charge < -0.3 is 5.73 Å². The summed E-state index contributed by atoms with van der Waals surface area (Å²) in [5.74, 6) is -0.712. The molecule has 8 heteroatoms. The Morgan fingerprint density at radius 2 is 1.95 bits per heavy atom. The number of carbonyl (C=O) groups is 1. The molecular formula is C12H10BrN3O3S. The number of aromatic nitrogens is 1. The van der Waals surface area contributed by atoms with E-state index in [1.54, 1.807) is 12.1 Å². The Kier molecular flexibility index (Phi) is 4.05. The third kappa shape index (κ3) is 3.14. The van der Waals surface area contributed by atoms with Gasteiger partial charge in [0.2, 0.25) is 0 Å². The van der Waals surface area contributed by atoms with Crippen molar-refractivity contribution in [2.24, 2.45) is 5.73 Å². The monoisotopic (exact) mass is 355 g/mol. The highest BCUT2D eigenvalue weighted by atomic mass is 79.9. The molecule has 0 saturated carbocycles. The van der Waals surface area contributed by atoms with Crippen molar-refractivity contribution in [2.45, 2.75) is 4.90 Å². The van der Waals surface area contributed by atoms with Crippen LogP contribution in [0.1, 0.15) is 10.4 Å². The van der Waals surface area contributed by atoms with Gasteiger partial charge in [-0.1, -0.05) is 12.1 Å². The van der Waals surface area contributed by atoms with Crippen LogP contribution in [0.2, 0.25) is 0 Å². The van der Waals surface area contributed by atoms with Crippen molar-refractivity contribution in [1.29, 1.82) is 0 Å². The van der Waals surface area contributed by atoms with Gasteiger partial charge in [0, 0.05) is 16.9 Å². The van der Waals surface area contributed by atoms with E-state index in [0.29, 0.717) is 4.47 Å². The molecule has 1 aromatic heterocycles. The minimum Gasteiger partial charge on any atom is -0.366 e. The standard InChI is InChI=1S/C12H10BrN3O3S/c13-8-5-9(7-15-6-8)20(18,19)16-11-4-2-1-3-10(11)12(14)17/h1-7,16H,(H2,14,17). The molecular weight excluding hydrogens is 346 g/mol. The second-order valence-electron chi connectivity index (χ2n) is 3.85. The smallest absolute Gasteiger partial charge is 0.263 e. The summed E-state index contributed by atoms with van der Waals surface area (Å²) in [6.45, 7) is 0. The number of hydrogen-bond acceptors (Lipinski definition) is 4. The number of sulfonamides is 1.